The molecular formula is C27H38N2O3. The number of aliphatic hydroxyl groups is 1. The predicted octanol–water partition coefficient (Wildman–Crippen LogP) is 4.11. The molecule has 2 fully saturated rings. The van der Waals surface area contributed by atoms with Crippen molar-refractivity contribution in [3.63, 3.8) is 0 Å². The Morgan fingerprint density at radius 3 is 2.50 bits per heavy atom. The Hall–Kier alpha value is -2.08. The van der Waals surface area contributed by atoms with E-state index in [1.165, 1.54) is 24.5 Å². The average Bonchev–Trinajstić information content (AvgIpc) is 3.63. The second-order valence-electron chi connectivity index (χ2n) is 9.90. The highest BCUT2D eigenvalue weighted by molar-refractivity contribution is 5.40. The van der Waals surface area contributed by atoms with Crippen LogP contribution in [0.25, 0.3) is 0 Å². The first-order valence-corrected chi connectivity index (χ1v) is 12.2. The van der Waals surface area contributed by atoms with Crippen LogP contribution < -0.4 is 10.6 Å². The summed E-state index contributed by atoms with van der Waals surface area (Å²) in [6, 6.07) is 15.9. The molecule has 5 nitrogen and oxygen atoms in total. The first-order chi connectivity index (χ1) is 15.5. The summed E-state index contributed by atoms with van der Waals surface area (Å²) >= 11 is 0. The van der Waals surface area contributed by atoms with Gasteiger partial charge in [0.15, 0.2) is 11.5 Å². The largest absolute Gasteiger partial charge is 0.504 e. The maximum Gasteiger partial charge on any atom is 0.157 e. The molecule has 0 radical (unpaired) electrons. The van der Waals surface area contributed by atoms with Gasteiger partial charge < -0.3 is 26.0 Å². The second kappa shape index (κ2) is 10.7. The summed E-state index contributed by atoms with van der Waals surface area (Å²) in [5, 5.41) is 38.4. The summed E-state index contributed by atoms with van der Waals surface area (Å²) in [4.78, 5) is 0. The Morgan fingerprint density at radius 1 is 0.938 bits per heavy atom. The third kappa shape index (κ3) is 6.47. The second-order valence-corrected chi connectivity index (χ2v) is 9.90. The fourth-order valence-electron chi connectivity index (χ4n) is 5.06. The quantitative estimate of drug-likeness (QED) is 0.269. The van der Waals surface area contributed by atoms with Crippen molar-refractivity contribution in [3.8, 4) is 11.5 Å². The molecule has 2 saturated carbocycles. The molecule has 0 aliphatic heterocycles. The highest BCUT2D eigenvalue weighted by atomic mass is 16.3. The van der Waals surface area contributed by atoms with Crippen LogP contribution in [0, 0.1) is 11.8 Å². The Morgan fingerprint density at radius 2 is 1.75 bits per heavy atom. The van der Waals surface area contributed by atoms with Crippen LogP contribution in [0.15, 0.2) is 48.5 Å². The van der Waals surface area contributed by atoms with Gasteiger partial charge in [0, 0.05) is 12.6 Å². The number of aryl methyl sites for hydroxylation is 1. The summed E-state index contributed by atoms with van der Waals surface area (Å²) in [6.45, 7) is 2.92. The summed E-state index contributed by atoms with van der Waals surface area (Å²) in [5.41, 5.74) is 1.55. The monoisotopic (exact) mass is 438 g/mol. The van der Waals surface area contributed by atoms with Gasteiger partial charge in [-0.25, -0.2) is 0 Å². The Bertz CT molecular complexity index is 855. The molecular weight excluding hydrogens is 400 g/mol. The van der Waals surface area contributed by atoms with Crippen molar-refractivity contribution in [2.45, 2.75) is 69.6 Å². The minimum absolute atomic E-state index is 0.0934. The molecule has 0 saturated heterocycles. The summed E-state index contributed by atoms with van der Waals surface area (Å²) in [7, 11) is 0. The third-order valence-corrected chi connectivity index (χ3v) is 7.38. The lowest BCUT2D eigenvalue weighted by Crippen LogP contribution is -2.49. The van der Waals surface area contributed by atoms with E-state index in [9.17, 15) is 15.3 Å². The van der Waals surface area contributed by atoms with E-state index in [0.717, 1.165) is 56.8 Å². The zero-order valence-electron chi connectivity index (χ0n) is 19.0. The topological polar surface area (TPSA) is 84.8 Å². The van der Waals surface area contributed by atoms with Gasteiger partial charge in [0.2, 0.25) is 0 Å². The molecule has 4 rings (SSSR count). The molecule has 174 valence electrons. The molecule has 2 aromatic carbocycles. The molecule has 0 spiro atoms. The summed E-state index contributed by atoms with van der Waals surface area (Å²) < 4.78 is 0. The first-order valence-electron chi connectivity index (χ1n) is 12.2. The maximum absolute atomic E-state index is 11.7. The number of benzene rings is 2. The third-order valence-electron chi connectivity index (χ3n) is 7.38. The van der Waals surface area contributed by atoms with Crippen molar-refractivity contribution in [2.75, 3.05) is 13.1 Å². The van der Waals surface area contributed by atoms with E-state index in [2.05, 4.69) is 34.9 Å². The van der Waals surface area contributed by atoms with E-state index in [1.807, 2.05) is 12.1 Å². The molecule has 3 atom stereocenters. The number of phenolic OH excluding ortho intramolecular Hbond substituents is 2. The van der Waals surface area contributed by atoms with Gasteiger partial charge in [-0.05, 0) is 99.6 Å². The molecule has 2 aromatic rings. The fourth-order valence-corrected chi connectivity index (χ4v) is 5.06. The van der Waals surface area contributed by atoms with Crippen molar-refractivity contribution in [2.24, 2.45) is 11.8 Å². The van der Waals surface area contributed by atoms with Crippen LogP contribution in [0.1, 0.15) is 56.1 Å². The van der Waals surface area contributed by atoms with Gasteiger partial charge in [-0.2, -0.15) is 0 Å². The van der Waals surface area contributed by atoms with Crippen molar-refractivity contribution < 1.29 is 15.3 Å². The van der Waals surface area contributed by atoms with E-state index in [4.69, 9.17) is 0 Å². The van der Waals surface area contributed by atoms with Crippen molar-refractivity contribution in [1.29, 1.82) is 0 Å². The van der Waals surface area contributed by atoms with Gasteiger partial charge in [0.25, 0.3) is 0 Å². The highest BCUT2D eigenvalue weighted by Gasteiger charge is 2.41. The molecule has 5 heteroatoms. The number of aromatic hydroxyl groups is 2. The summed E-state index contributed by atoms with van der Waals surface area (Å²) in [6.07, 6.45) is 7.79. The molecule has 3 unspecified atom stereocenters. The van der Waals surface area contributed by atoms with E-state index < -0.39 is 5.60 Å². The van der Waals surface area contributed by atoms with E-state index >= 15 is 0 Å². The van der Waals surface area contributed by atoms with Crippen LogP contribution in [-0.4, -0.2) is 40.1 Å². The molecule has 0 bridgehead atoms. The molecule has 32 heavy (non-hydrogen) atoms. The molecule has 0 amide bonds. The van der Waals surface area contributed by atoms with E-state index in [0.29, 0.717) is 18.9 Å². The summed E-state index contributed by atoms with van der Waals surface area (Å²) in [5.74, 6) is 0.908. The maximum atomic E-state index is 11.7. The Balaban J connectivity index is 1.35. The molecule has 0 heterocycles. The zero-order chi connectivity index (χ0) is 22.4. The van der Waals surface area contributed by atoms with Crippen LogP contribution >= 0.6 is 0 Å². The SMILES string of the molecule is Oc1ccc(CCC2(O)CCC(NCc3ccccc3)CC2CCNCC2CC2)cc1O. The van der Waals surface area contributed by atoms with Crippen LogP contribution in [0.5, 0.6) is 11.5 Å². The molecule has 2 aliphatic carbocycles. The van der Waals surface area contributed by atoms with Crippen molar-refractivity contribution in [3.05, 3.63) is 59.7 Å². The highest BCUT2D eigenvalue weighted by Crippen LogP contribution is 2.40. The average molecular weight is 439 g/mol. The van der Waals surface area contributed by atoms with Gasteiger partial charge in [-0.1, -0.05) is 36.4 Å². The van der Waals surface area contributed by atoms with Crippen LogP contribution in [0.2, 0.25) is 0 Å². The van der Waals surface area contributed by atoms with E-state index in [-0.39, 0.29) is 17.4 Å². The van der Waals surface area contributed by atoms with Crippen LogP contribution in [0.3, 0.4) is 0 Å². The normalized spacial score (nSPS) is 25.7. The smallest absolute Gasteiger partial charge is 0.157 e. The van der Waals surface area contributed by atoms with Crippen LogP contribution in [0.4, 0.5) is 0 Å². The number of hydrogen-bond donors (Lipinski definition) is 5. The lowest BCUT2D eigenvalue weighted by molar-refractivity contribution is -0.0647. The Kier molecular flexibility index (Phi) is 7.71. The fraction of sp³-hybridized carbons (Fsp3) is 0.556. The van der Waals surface area contributed by atoms with Gasteiger partial charge in [-0.3, -0.25) is 0 Å². The van der Waals surface area contributed by atoms with Gasteiger partial charge in [0.05, 0.1) is 5.60 Å². The van der Waals surface area contributed by atoms with Gasteiger partial charge in [0.1, 0.15) is 0 Å². The van der Waals surface area contributed by atoms with Crippen molar-refractivity contribution in [1.82, 2.24) is 10.6 Å². The standard InChI is InChI=1S/C27H38N2O3/c30-25-9-8-20(16-26(25)31)10-13-27(32)14-11-24(29-19-21-4-2-1-3-5-21)17-23(27)12-15-28-18-22-6-7-22/h1-5,8-9,16,22-24,28-32H,6-7,10-15,17-19H2. The zero-order valence-corrected chi connectivity index (χ0v) is 19.0. The number of nitrogens with one attached hydrogen (secondary N) is 2. The number of hydrogen-bond acceptors (Lipinski definition) is 5. The molecule has 2 aliphatic rings. The van der Waals surface area contributed by atoms with Crippen LogP contribution in [-0.2, 0) is 13.0 Å². The van der Waals surface area contributed by atoms with Gasteiger partial charge >= 0.3 is 0 Å². The number of phenols is 2. The first kappa shape index (κ1) is 23.1. The molecule has 0 aromatic heterocycles. The predicted molar refractivity (Wildman–Crippen MR) is 128 cm³/mol. The molecule has 5 N–H and O–H groups in total. The van der Waals surface area contributed by atoms with Gasteiger partial charge in [-0.15, -0.1) is 0 Å². The lowest BCUT2D eigenvalue weighted by Gasteiger charge is -2.44. The van der Waals surface area contributed by atoms with E-state index in [1.54, 1.807) is 6.07 Å². The lowest BCUT2D eigenvalue weighted by atomic mass is 9.69. The minimum atomic E-state index is -0.695. The Labute approximate surface area is 191 Å². The number of rotatable bonds is 11. The minimum Gasteiger partial charge on any atom is -0.504 e. The van der Waals surface area contributed by atoms with Crippen molar-refractivity contribution >= 4 is 0 Å².